The molecule has 25 heteroatoms. The van der Waals surface area contributed by atoms with Gasteiger partial charge in [0.25, 0.3) is 0 Å². The number of carbonyl (C=O) groups is 1. The van der Waals surface area contributed by atoms with Crippen molar-refractivity contribution < 1.29 is 150 Å². The third-order valence-electron chi connectivity index (χ3n) is 11.4. The zero-order chi connectivity index (χ0) is 62.2. The molecule has 0 spiro atoms. The van der Waals surface area contributed by atoms with Crippen molar-refractivity contribution in [3.05, 3.63) is 308 Å². The molecule has 11 nitrogen and oxygen atoms in total. The second-order valence-electron chi connectivity index (χ2n) is 17.3. The summed E-state index contributed by atoms with van der Waals surface area (Å²) in [5.41, 5.74) is 4.46. The molecule has 0 fully saturated rings. The van der Waals surface area contributed by atoms with Gasteiger partial charge in [0.15, 0.2) is 0 Å². The van der Waals surface area contributed by atoms with E-state index in [0.29, 0.717) is 28.6 Å². The van der Waals surface area contributed by atoms with Crippen LogP contribution in [0.15, 0.2) is 225 Å². The van der Waals surface area contributed by atoms with Gasteiger partial charge >= 0.3 is 18.3 Å². The van der Waals surface area contributed by atoms with Gasteiger partial charge in [-0.25, -0.2) is 9.78 Å². The Hall–Kier alpha value is -8.26. The van der Waals surface area contributed by atoms with Gasteiger partial charge in [0.05, 0.1) is 18.0 Å². The number of aromatic nitrogens is 5. The van der Waals surface area contributed by atoms with Crippen molar-refractivity contribution in [1.29, 1.82) is 10.5 Å². The Morgan fingerprint density at radius 3 is 1.55 bits per heavy atom. The van der Waals surface area contributed by atoms with E-state index in [0.717, 1.165) is 40.8 Å². The number of carboxylic acids is 1. The molecule has 6 aromatic carbocycles. The number of hydrogen-bond acceptors (Lipinski definition) is 10. The minimum absolute atomic E-state index is 0. The van der Waals surface area contributed by atoms with Crippen molar-refractivity contribution in [2.75, 3.05) is 10.2 Å². The SMILES string of the molecule is FC(F)(F)c1[c-]c(-c2ccccn2)cc(C(F)(F)F)c1.Fc1c[c-]c(-c2ccccn2)c(F)c1.N#Cc1cc(-c2ccccn2)[c-]cc1F.N#Cc1cc[c-]c(-c2ccccn2)c1.O=C(O)c1ccccn1.[Ir].[Ir].[Ir].[Ir].[Ir].[c-]1ccccc1N1[CH-]Nc2ccccc21. The largest absolute Gasteiger partial charge is 0.514 e. The number of nitriles is 2. The van der Waals surface area contributed by atoms with Gasteiger partial charge in [-0.3, -0.25) is 13.2 Å². The van der Waals surface area contributed by atoms with Crippen molar-refractivity contribution in [1.82, 2.24) is 24.9 Å². The first-order valence-electron chi connectivity index (χ1n) is 25.3. The minimum Gasteiger partial charge on any atom is -0.514 e. The molecule has 0 unspecified atom stereocenters. The monoisotopic (exact) mass is 2140 g/mol. The molecular weight excluding hydrogens is 2090 g/mol. The van der Waals surface area contributed by atoms with Crippen LogP contribution in [0.25, 0.3) is 45.0 Å². The number of halogens is 9. The van der Waals surface area contributed by atoms with Gasteiger partial charge in [-0.2, -0.15) is 73.9 Å². The van der Waals surface area contributed by atoms with E-state index in [1.54, 1.807) is 85.3 Å². The minimum atomic E-state index is -4.91. The van der Waals surface area contributed by atoms with Crippen LogP contribution < -0.4 is 10.2 Å². The molecule has 2 N–H and O–H groups in total. The van der Waals surface area contributed by atoms with Crippen molar-refractivity contribution in [2.45, 2.75) is 12.4 Å². The quantitative estimate of drug-likeness (QED) is 0.120. The maximum Gasteiger partial charge on any atom is 0.399 e. The van der Waals surface area contributed by atoms with Crippen LogP contribution in [0.5, 0.6) is 0 Å². The number of aromatic carboxylic acids is 1. The summed E-state index contributed by atoms with van der Waals surface area (Å²) in [6, 6.07) is 69.0. The number of nitrogens with zero attached hydrogens (tertiary/aromatic N) is 8. The van der Waals surface area contributed by atoms with Gasteiger partial charge in [0.1, 0.15) is 5.69 Å². The molecule has 12 rings (SSSR count). The van der Waals surface area contributed by atoms with Crippen LogP contribution >= 0.6 is 0 Å². The van der Waals surface area contributed by atoms with E-state index in [1.165, 1.54) is 48.4 Å². The van der Waals surface area contributed by atoms with E-state index in [1.807, 2.05) is 73.4 Å². The van der Waals surface area contributed by atoms with E-state index in [-0.39, 0.29) is 135 Å². The van der Waals surface area contributed by atoms with E-state index in [9.17, 15) is 44.3 Å². The van der Waals surface area contributed by atoms with Crippen LogP contribution in [0.4, 0.5) is 56.6 Å². The predicted molar refractivity (Wildman–Crippen MR) is 306 cm³/mol. The normalized spacial score (nSPS) is 10.3. The average Bonchev–Trinajstić information content (AvgIpc) is 1.10. The van der Waals surface area contributed by atoms with E-state index >= 15 is 0 Å². The topological polar surface area (TPSA) is 165 Å². The molecule has 0 atom stereocenters. The Balaban J connectivity index is 0.000000376. The molecular formula is C67H40F9Ir5N9O2-6. The average molecular weight is 2140 g/mol. The fourth-order valence-electron chi connectivity index (χ4n) is 7.37. The predicted octanol–water partition coefficient (Wildman–Crippen LogP) is 16.3. The number of alkyl halides is 6. The molecule has 0 saturated carbocycles. The summed E-state index contributed by atoms with van der Waals surface area (Å²) in [5, 5.41) is 28.9. The van der Waals surface area contributed by atoms with Gasteiger partial charge in [-0.1, -0.05) is 78.4 Å². The maximum atomic E-state index is 13.2. The Morgan fingerprint density at radius 2 is 1.07 bits per heavy atom. The Kier molecular flexibility index (Phi) is 34.6. The summed E-state index contributed by atoms with van der Waals surface area (Å²) in [4.78, 5) is 31.8. The molecule has 11 aromatic rings. The van der Waals surface area contributed by atoms with E-state index in [2.05, 4.69) is 77.6 Å². The first-order valence-corrected chi connectivity index (χ1v) is 25.3. The van der Waals surface area contributed by atoms with Crippen LogP contribution in [0.3, 0.4) is 0 Å². The fraction of sp³-hybridized carbons (Fsp3) is 0.0299. The Labute approximate surface area is 590 Å². The first kappa shape index (κ1) is 79.8. The number of carboxylic acid groups (broad SMARTS) is 1. The number of fused-ring (bicyclic) bond motifs is 1. The number of benzene rings is 6. The maximum absolute atomic E-state index is 13.2. The van der Waals surface area contributed by atoms with E-state index < -0.39 is 46.9 Å². The molecule has 0 bridgehead atoms. The number of hydrogen-bond donors (Lipinski definition) is 2. The van der Waals surface area contributed by atoms with Crippen molar-refractivity contribution in [2.24, 2.45) is 0 Å². The molecule has 92 heavy (non-hydrogen) atoms. The van der Waals surface area contributed by atoms with Crippen LogP contribution in [0.1, 0.15) is 32.7 Å². The second kappa shape index (κ2) is 39.9. The van der Waals surface area contributed by atoms with Crippen molar-refractivity contribution in [3.63, 3.8) is 0 Å². The number of nitrogens with one attached hydrogen (secondary N) is 1. The smallest absolute Gasteiger partial charge is 0.399 e. The summed E-state index contributed by atoms with van der Waals surface area (Å²) in [6.45, 7) is 1.95. The standard InChI is InChI=1S/C13H6F6N.C13H10N2.C12H6FN2.C12H7N2.C11H6F2N.C6H5NO2.5Ir/c14-12(15,16)9-5-8(11-3-1-2-4-20-11)6-10(7-9)13(17,18)19;1-2-6-11(7-3-1)15-10-14-12-8-4-5-9-13(12)15;13-11-5-4-9(7-10(11)8-14)12-3-1-2-6-15-12;13-9-10-4-3-5-11(8-10)12-6-1-2-7-14-12;12-8-4-5-9(10(13)7-8)11-3-1-2-6-14-11;8-6(9)5-3-1-2-4-7-5;;;;;/h1-5,7H;1-6,8-10,14H;1-3,5-7H;1-4,6-8H;1-4,6-7H;1-4H,(H,8,9);;;;;/q-1;-2;3*-1;;;;;;. The fourth-order valence-corrected chi connectivity index (χ4v) is 7.37. The van der Waals surface area contributed by atoms with Crippen molar-refractivity contribution >= 4 is 23.0 Å². The van der Waals surface area contributed by atoms with Crippen LogP contribution in [0.2, 0.25) is 0 Å². The Bertz CT molecular complexity index is 4060. The third-order valence-corrected chi connectivity index (χ3v) is 11.4. The molecule has 0 amide bonds. The number of anilines is 3. The van der Waals surface area contributed by atoms with Crippen LogP contribution in [0, 0.1) is 77.1 Å². The van der Waals surface area contributed by atoms with E-state index in [4.69, 9.17) is 15.6 Å². The van der Waals surface area contributed by atoms with Gasteiger partial charge in [-0.05, 0) is 88.0 Å². The van der Waals surface area contributed by atoms with Gasteiger partial charge in [0.2, 0.25) is 0 Å². The molecule has 0 saturated heterocycles. The van der Waals surface area contributed by atoms with Gasteiger partial charge in [0, 0.05) is 160 Å². The van der Waals surface area contributed by atoms with Crippen LogP contribution in [-0.4, -0.2) is 36.0 Å². The summed E-state index contributed by atoms with van der Waals surface area (Å²) in [6.07, 6.45) is -2.16. The molecule has 1 aliphatic rings. The number of rotatable bonds is 6. The zero-order valence-electron chi connectivity index (χ0n) is 46.4. The summed E-state index contributed by atoms with van der Waals surface area (Å²) >= 11 is 0. The molecule has 6 heterocycles. The summed E-state index contributed by atoms with van der Waals surface area (Å²) in [7, 11) is 0. The Morgan fingerprint density at radius 1 is 0.522 bits per heavy atom. The summed E-state index contributed by atoms with van der Waals surface area (Å²) in [5.74, 6) is -2.83. The molecule has 1 aliphatic heterocycles. The second-order valence-corrected chi connectivity index (χ2v) is 17.3. The van der Waals surface area contributed by atoms with Gasteiger partial charge in [-0.15, -0.1) is 95.2 Å². The first-order chi connectivity index (χ1) is 41.9. The molecule has 5 radical (unpaired) electrons. The summed E-state index contributed by atoms with van der Waals surface area (Å²) < 4.78 is 115. The number of pyridine rings is 5. The van der Waals surface area contributed by atoms with Gasteiger partial charge < -0.3 is 35.3 Å². The molecule has 5 aromatic heterocycles. The number of para-hydroxylation sites is 3. The molecule has 479 valence electrons. The van der Waals surface area contributed by atoms with Crippen molar-refractivity contribution in [3.8, 4) is 57.2 Å². The third kappa shape index (κ3) is 24.4. The van der Waals surface area contributed by atoms with Crippen LogP contribution in [-0.2, 0) is 113 Å². The molecule has 0 aliphatic carbocycles. The zero-order valence-corrected chi connectivity index (χ0v) is 58.4.